The van der Waals surface area contributed by atoms with E-state index in [1.807, 2.05) is 18.2 Å². The van der Waals surface area contributed by atoms with Crippen LogP contribution in [0.3, 0.4) is 0 Å². The Hall–Kier alpha value is -2.19. The Labute approximate surface area is 144 Å². The smallest absolute Gasteiger partial charge is 0.357 e. The first-order valence-electron chi connectivity index (χ1n) is 6.95. The van der Waals surface area contributed by atoms with Crippen LogP contribution in [0.5, 0.6) is 5.75 Å². The number of pyridine rings is 1. The van der Waals surface area contributed by atoms with Crippen LogP contribution in [0.15, 0.2) is 42.7 Å². The molecule has 0 saturated carbocycles. The highest BCUT2D eigenvalue weighted by molar-refractivity contribution is 7.81. The van der Waals surface area contributed by atoms with Gasteiger partial charge in [0.1, 0.15) is 0 Å². The van der Waals surface area contributed by atoms with Gasteiger partial charge in [0, 0.05) is 17.5 Å². The van der Waals surface area contributed by atoms with E-state index in [0.29, 0.717) is 17.9 Å². The highest BCUT2D eigenvalue weighted by atomic mass is 35.5. The van der Waals surface area contributed by atoms with Crippen molar-refractivity contribution < 1.29 is 21.3 Å². The monoisotopic (exact) mass is 372 g/mol. The molecule has 0 fully saturated rings. The SMILES string of the molecule is O=C(CCCc1cccc(Cl)c1)Nc1cncc(OS(=O)(=O)F)c1. The first kappa shape index (κ1) is 18.2. The second-order valence-electron chi connectivity index (χ2n) is 4.92. The van der Waals surface area contributed by atoms with E-state index in [2.05, 4.69) is 14.5 Å². The molecule has 1 heterocycles. The number of nitrogens with zero attached hydrogens (tertiary/aromatic N) is 1. The van der Waals surface area contributed by atoms with Crippen LogP contribution in [-0.4, -0.2) is 19.3 Å². The first-order chi connectivity index (χ1) is 11.3. The number of carbonyl (C=O) groups excluding carboxylic acids is 1. The maximum Gasteiger partial charge on any atom is 0.488 e. The van der Waals surface area contributed by atoms with Crippen LogP contribution in [0, 0.1) is 0 Å². The minimum Gasteiger partial charge on any atom is -0.357 e. The van der Waals surface area contributed by atoms with Gasteiger partial charge in [0.05, 0.1) is 18.1 Å². The topological polar surface area (TPSA) is 85.4 Å². The number of benzene rings is 1. The van der Waals surface area contributed by atoms with Crippen molar-refractivity contribution >= 4 is 33.7 Å². The molecule has 9 heteroatoms. The number of amides is 1. The Bertz CT molecular complexity index is 830. The zero-order valence-corrected chi connectivity index (χ0v) is 14.0. The van der Waals surface area contributed by atoms with Gasteiger partial charge in [0.2, 0.25) is 5.91 Å². The number of hydrogen-bond acceptors (Lipinski definition) is 5. The number of aryl methyl sites for hydroxylation is 1. The number of carbonyl (C=O) groups is 1. The van der Waals surface area contributed by atoms with Crippen LogP contribution in [0.1, 0.15) is 18.4 Å². The third kappa shape index (κ3) is 6.51. The third-order valence-electron chi connectivity index (χ3n) is 2.95. The standard InChI is InChI=1S/C15H14ClFN2O4S/c16-12-5-1-3-11(7-12)4-2-6-15(20)19-13-8-14(10-18-9-13)23-24(17,21)22/h1,3,5,7-10H,2,4,6H2,(H,19,20). The molecule has 2 rings (SSSR count). The molecule has 0 atom stereocenters. The van der Waals surface area contributed by atoms with Crippen molar-refractivity contribution in [1.29, 1.82) is 0 Å². The van der Waals surface area contributed by atoms with E-state index in [9.17, 15) is 17.1 Å². The summed E-state index contributed by atoms with van der Waals surface area (Å²) in [5, 5.41) is 3.18. The number of rotatable bonds is 7. The molecular formula is C15H14ClFN2O4S. The summed E-state index contributed by atoms with van der Waals surface area (Å²) < 4.78 is 37.3. The molecule has 24 heavy (non-hydrogen) atoms. The molecule has 1 N–H and O–H groups in total. The lowest BCUT2D eigenvalue weighted by molar-refractivity contribution is -0.116. The zero-order chi connectivity index (χ0) is 17.6. The van der Waals surface area contributed by atoms with E-state index in [-0.39, 0.29) is 23.8 Å². The normalized spacial score (nSPS) is 11.1. The Morgan fingerprint density at radius 1 is 1.29 bits per heavy atom. The minimum atomic E-state index is -5.13. The molecule has 2 aromatic rings. The Kier molecular flexibility index (Phi) is 6.10. The fourth-order valence-corrected chi connectivity index (χ4v) is 2.55. The second-order valence-corrected chi connectivity index (χ2v) is 6.31. The maximum absolute atomic E-state index is 12.5. The zero-order valence-electron chi connectivity index (χ0n) is 12.4. The van der Waals surface area contributed by atoms with Crippen molar-refractivity contribution in [2.75, 3.05) is 5.32 Å². The van der Waals surface area contributed by atoms with Gasteiger partial charge in [-0.2, -0.15) is 8.42 Å². The van der Waals surface area contributed by atoms with E-state index in [0.717, 1.165) is 11.8 Å². The van der Waals surface area contributed by atoms with Gasteiger partial charge < -0.3 is 9.50 Å². The number of halogens is 2. The Balaban J connectivity index is 1.85. The van der Waals surface area contributed by atoms with E-state index in [1.54, 1.807) is 6.07 Å². The predicted octanol–water partition coefficient (Wildman–Crippen LogP) is 3.29. The lowest BCUT2D eigenvalue weighted by Gasteiger charge is -2.06. The molecule has 0 radical (unpaired) electrons. The van der Waals surface area contributed by atoms with E-state index in [4.69, 9.17) is 11.6 Å². The van der Waals surface area contributed by atoms with Gasteiger partial charge in [0.15, 0.2) is 5.75 Å². The van der Waals surface area contributed by atoms with Crippen LogP contribution in [-0.2, 0) is 21.7 Å². The number of nitrogens with one attached hydrogen (secondary N) is 1. The minimum absolute atomic E-state index is 0.212. The van der Waals surface area contributed by atoms with Gasteiger partial charge in [-0.3, -0.25) is 9.78 Å². The number of aromatic nitrogens is 1. The molecular weight excluding hydrogens is 359 g/mol. The van der Waals surface area contributed by atoms with Gasteiger partial charge in [-0.25, -0.2) is 0 Å². The third-order valence-corrected chi connectivity index (χ3v) is 3.58. The molecule has 0 saturated heterocycles. The van der Waals surface area contributed by atoms with Crippen molar-refractivity contribution in [3.63, 3.8) is 0 Å². The average Bonchev–Trinajstić information content (AvgIpc) is 2.45. The number of hydrogen-bond donors (Lipinski definition) is 1. The largest absolute Gasteiger partial charge is 0.488 e. The summed E-state index contributed by atoms with van der Waals surface area (Å²) in [6.07, 6.45) is 3.86. The molecule has 0 aliphatic heterocycles. The van der Waals surface area contributed by atoms with Crippen molar-refractivity contribution in [2.45, 2.75) is 19.3 Å². The highest BCUT2D eigenvalue weighted by Crippen LogP contribution is 2.18. The van der Waals surface area contributed by atoms with Gasteiger partial charge >= 0.3 is 10.5 Å². The van der Waals surface area contributed by atoms with Crippen molar-refractivity contribution in [1.82, 2.24) is 4.98 Å². The Morgan fingerprint density at radius 3 is 2.79 bits per heavy atom. The molecule has 128 valence electrons. The van der Waals surface area contributed by atoms with E-state index >= 15 is 0 Å². The summed E-state index contributed by atoms with van der Waals surface area (Å²) in [6.45, 7) is 0. The molecule has 0 aliphatic carbocycles. The summed E-state index contributed by atoms with van der Waals surface area (Å²) in [4.78, 5) is 15.5. The van der Waals surface area contributed by atoms with E-state index < -0.39 is 10.5 Å². The molecule has 0 aliphatic rings. The van der Waals surface area contributed by atoms with Crippen LogP contribution >= 0.6 is 11.6 Å². The Morgan fingerprint density at radius 2 is 2.08 bits per heavy atom. The second kappa shape index (κ2) is 8.07. The van der Waals surface area contributed by atoms with Gasteiger partial charge in [-0.15, -0.1) is 0 Å². The molecule has 6 nitrogen and oxygen atoms in total. The summed E-state index contributed by atoms with van der Waals surface area (Å²) in [7, 11) is -5.13. The fraction of sp³-hybridized carbons (Fsp3) is 0.200. The fourth-order valence-electron chi connectivity index (χ4n) is 2.02. The maximum atomic E-state index is 12.5. The van der Waals surface area contributed by atoms with Crippen LogP contribution < -0.4 is 9.50 Å². The molecule has 1 amide bonds. The molecule has 1 aromatic heterocycles. The summed E-state index contributed by atoms with van der Waals surface area (Å²) >= 11 is 5.89. The molecule has 1 aromatic carbocycles. The molecule has 0 bridgehead atoms. The van der Waals surface area contributed by atoms with Crippen molar-refractivity contribution in [2.24, 2.45) is 0 Å². The van der Waals surface area contributed by atoms with Crippen molar-refractivity contribution in [3.05, 3.63) is 53.3 Å². The quantitative estimate of drug-likeness (QED) is 0.754. The van der Waals surface area contributed by atoms with Gasteiger partial charge in [-0.05, 0) is 30.5 Å². The summed E-state index contributed by atoms with van der Waals surface area (Å²) in [5.41, 5.74) is 1.24. The van der Waals surface area contributed by atoms with E-state index in [1.165, 1.54) is 12.3 Å². The lowest BCUT2D eigenvalue weighted by atomic mass is 10.1. The predicted molar refractivity (Wildman–Crippen MR) is 87.9 cm³/mol. The van der Waals surface area contributed by atoms with Crippen LogP contribution in [0.4, 0.5) is 9.57 Å². The molecule has 0 spiro atoms. The number of anilines is 1. The summed E-state index contributed by atoms with van der Waals surface area (Å²) in [6, 6.07) is 8.54. The highest BCUT2D eigenvalue weighted by Gasteiger charge is 2.11. The lowest BCUT2D eigenvalue weighted by Crippen LogP contribution is -2.12. The van der Waals surface area contributed by atoms with Crippen LogP contribution in [0.2, 0.25) is 5.02 Å². The molecule has 0 unspecified atom stereocenters. The average molecular weight is 373 g/mol. The van der Waals surface area contributed by atoms with Gasteiger partial charge in [-0.1, -0.05) is 27.6 Å². The van der Waals surface area contributed by atoms with Crippen molar-refractivity contribution in [3.8, 4) is 5.75 Å². The van der Waals surface area contributed by atoms with Crippen LogP contribution in [0.25, 0.3) is 0 Å². The summed E-state index contributed by atoms with van der Waals surface area (Å²) in [5.74, 6) is -0.603. The first-order valence-corrected chi connectivity index (χ1v) is 8.64. The van der Waals surface area contributed by atoms with Gasteiger partial charge in [0.25, 0.3) is 0 Å².